The first-order chi connectivity index (χ1) is 58.0. The maximum Gasteiger partial charge on any atom is 0.0713 e. The van der Waals surface area contributed by atoms with Gasteiger partial charge in [-0.05, 0) is 220 Å². The third kappa shape index (κ3) is 12.7. The molecule has 0 aliphatic heterocycles. The molecule has 0 radical (unpaired) electrons. The Balaban J connectivity index is 0.000000125. The molecule has 0 unspecified atom stereocenters. The van der Waals surface area contributed by atoms with Gasteiger partial charge in [-0.2, -0.15) is 0 Å². The number of para-hydroxylation sites is 1. The molecule has 0 aromatic heterocycles. The van der Waals surface area contributed by atoms with E-state index in [-0.39, 0.29) is 5.41 Å². The molecule has 552 valence electrons. The Bertz CT molecular complexity index is 6760. The normalized spacial score (nSPS) is 12.5. The molecule has 22 rings (SSSR count). The maximum atomic E-state index is 3.56. The summed E-state index contributed by atoms with van der Waals surface area (Å²) in [5.74, 6) is 0. The fourth-order valence-corrected chi connectivity index (χ4v) is 19.4. The molecule has 2 heteroatoms. The predicted octanol–water partition coefficient (Wildman–Crippen LogP) is 30.9. The highest BCUT2D eigenvalue weighted by molar-refractivity contribution is 9.10. The molecule has 0 spiro atoms. The lowest BCUT2D eigenvalue weighted by Crippen LogP contribution is -2.28. The van der Waals surface area contributed by atoms with Crippen LogP contribution in [0.3, 0.4) is 0 Å². The van der Waals surface area contributed by atoms with Gasteiger partial charge in [0.25, 0.3) is 0 Å². The van der Waals surface area contributed by atoms with Gasteiger partial charge in [-0.3, -0.25) is 0 Å². The Hall–Kier alpha value is -14.3. The summed E-state index contributed by atoms with van der Waals surface area (Å²) < 4.78 is 1.10. The standard InChI is InChI=1S/C57H39N.C32H24.C26H17Br/c1-4-18-40(19-5-1)55-49-26-10-12-28-51(49)56(52-29-13-11-27-50(52)55)41-32-36-45(37-33-41)58(44-22-8-3-9-23-44)46-38-34-43(35-39-46)57(42-20-6-2-7-21-42)53-30-16-14-24-47(53)48-25-15-17-31-54(48)57;1-3-11-24(12-4-1)23-25-19-21-27(22-20-25)32(26-13-5-2-6-14-26)30-17-9-7-15-28(30)29-16-8-10-18-31(29)32;27-20-16-14-19(15-17-20)26-23-12-6-4-10-21(23)25(18-8-2-1-3-9-18)22-11-5-7-13-24(22)26/h1-39H;1-22H,23H2;1-17H. The summed E-state index contributed by atoms with van der Waals surface area (Å²) in [6, 6.07) is 172. The summed E-state index contributed by atoms with van der Waals surface area (Å²) in [7, 11) is 0. The lowest BCUT2D eigenvalue weighted by atomic mass is 9.67. The van der Waals surface area contributed by atoms with Crippen molar-refractivity contribution in [2.45, 2.75) is 17.3 Å². The van der Waals surface area contributed by atoms with Crippen molar-refractivity contribution < 1.29 is 0 Å². The lowest BCUT2D eigenvalue weighted by molar-refractivity contribution is 0.767. The lowest BCUT2D eigenvalue weighted by Gasteiger charge is -2.34. The summed E-state index contributed by atoms with van der Waals surface area (Å²) in [6.07, 6.45) is 0.951. The highest BCUT2D eigenvalue weighted by atomic mass is 79.9. The van der Waals surface area contributed by atoms with Crippen LogP contribution in [0.15, 0.2) is 478 Å². The average molecular weight is 1560 g/mol. The Morgan fingerprint density at radius 3 is 0.735 bits per heavy atom. The van der Waals surface area contributed by atoms with Gasteiger partial charge in [-0.1, -0.05) is 441 Å². The average Bonchev–Trinajstić information content (AvgIpc) is 1.57. The number of nitrogens with zero attached hydrogens (tertiary/aromatic N) is 1. The molecule has 0 bridgehead atoms. The van der Waals surface area contributed by atoms with Crippen LogP contribution in [0.25, 0.3) is 110 Å². The van der Waals surface area contributed by atoms with Crippen LogP contribution in [0.5, 0.6) is 0 Å². The summed E-state index contributed by atoms with van der Waals surface area (Å²) >= 11 is 3.56. The maximum absolute atomic E-state index is 3.56. The topological polar surface area (TPSA) is 3.24 Å². The van der Waals surface area contributed by atoms with Gasteiger partial charge in [-0.25, -0.2) is 0 Å². The van der Waals surface area contributed by atoms with Crippen molar-refractivity contribution in [1.82, 2.24) is 0 Å². The van der Waals surface area contributed by atoms with Crippen LogP contribution in [-0.4, -0.2) is 0 Å². The predicted molar refractivity (Wildman–Crippen MR) is 497 cm³/mol. The molecule has 0 N–H and O–H groups in total. The fourth-order valence-electron chi connectivity index (χ4n) is 19.1. The van der Waals surface area contributed by atoms with E-state index in [1.807, 2.05) is 0 Å². The Labute approximate surface area is 693 Å². The van der Waals surface area contributed by atoms with Crippen LogP contribution in [0.4, 0.5) is 17.1 Å². The van der Waals surface area contributed by atoms with Gasteiger partial charge in [0.1, 0.15) is 0 Å². The van der Waals surface area contributed by atoms with Gasteiger partial charge in [0.2, 0.25) is 0 Å². The number of halogens is 1. The summed E-state index contributed by atoms with van der Waals surface area (Å²) in [6.45, 7) is 0. The zero-order valence-electron chi connectivity index (χ0n) is 64.6. The van der Waals surface area contributed by atoms with E-state index in [1.165, 1.54) is 165 Å². The second kappa shape index (κ2) is 31.2. The molecule has 20 aromatic carbocycles. The number of fused-ring (bicyclic) bond motifs is 10. The zero-order chi connectivity index (χ0) is 78.1. The molecular formula is C115H80BrN. The van der Waals surface area contributed by atoms with E-state index in [0.717, 1.165) is 28.0 Å². The minimum absolute atomic E-state index is 0.306. The summed E-state index contributed by atoms with van der Waals surface area (Å²) in [5.41, 5.74) is 31.1. The van der Waals surface area contributed by atoms with Gasteiger partial charge in [-0.15, -0.1) is 0 Å². The molecule has 20 aromatic rings. The van der Waals surface area contributed by atoms with Crippen LogP contribution in [0.2, 0.25) is 0 Å². The van der Waals surface area contributed by atoms with E-state index in [9.17, 15) is 0 Å². The van der Waals surface area contributed by atoms with Gasteiger partial charge in [0, 0.05) is 21.5 Å². The number of hydrogen-bond acceptors (Lipinski definition) is 1. The third-order valence-corrected chi connectivity index (χ3v) is 24.6. The molecule has 2 aliphatic carbocycles. The van der Waals surface area contributed by atoms with Gasteiger partial charge in [0.15, 0.2) is 0 Å². The zero-order valence-corrected chi connectivity index (χ0v) is 66.2. The second-order valence-corrected chi connectivity index (χ2v) is 31.4. The van der Waals surface area contributed by atoms with E-state index in [2.05, 4.69) is 494 Å². The first-order valence-corrected chi connectivity index (χ1v) is 41.2. The van der Waals surface area contributed by atoms with Crippen molar-refractivity contribution in [3.05, 3.63) is 533 Å². The minimum atomic E-state index is -0.437. The second-order valence-electron chi connectivity index (χ2n) is 30.5. The van der Waals surface area contributed by atoms with E-state index in [0.29, 0.717) is 0 Å². The number of hydrogen-bond donors (Lipinski definition) is 0. The van der Waals surface area contributed by atoms with Gasteiger partial charge < -0.3 is 4.90 Å². The molecule has 117 heavy (non-hydrogen) atoms. The summed E-state index contributed by atoms with van der Waals surface area (Å²) in [4.78, 5) is 2.37. The van der Waals surface area contributed by atoms with E-state index < -0.39 is 5.41 Å². The van der Waals surface area contributed by atoms with Gasteiger partial charge >= 0.3 is 0 Å². The van der Waals surface area contributed by atoms with Crippen molar-refractivity contribution in [1.29, 1.82) is 0 Å². The third-order valence-electron chi connectivity index (χ3n) is 24.1. The molecule has 1 nitrogen and oxygen atoms in total. The van der Waals surface area contributed by atoms with E-state index in [1.54, 1.807) is 0 Å². The molecule has 0 heterocycles. The van der Waals surface area contributed by atoms with Crippen molar-refractivity contribution in [3.8, 4) is 66.8 Å². The highest BCUT2D eigenvalue weighted by Gasteiger charge is 2.47. The minimum Gasteiger partial charge on any atom is -0.311 e. The van der Waals surface area contributed by atoms with Crippen molar-refractivity contribution in [2.24, 2.45) is 0 Å². The van der Waals surface area contributed by atoms with Crippen LogP contribution in [0.1, 0.15) is 55.6 Å². The van der Waals surface area contributed by atoms with Crippen LogP contribution >= 0.6 is 15.9 Å². The first kappa shape index (κ1) is 71.7. The number of benzene rings is 20. The van der Waals surface area contributed by atoms with Crippen molar-refractivity contribution in [3.63, 3.8) is 0 Å². The van der Waals surface area contributed by atoms with E-state index >= 15 is 0 Å². The Morgan fingerprint density at radius 2 is 0.402 bits per heavy atom. The highest BCUT2D eigenvalue weighted by Crippen LogP contribution is 2.59. The van der Waals surface area contributed by atoms with Crippen LogP contribution in [-0.2, 0) is 17.3 Å². The molecule has 0 atom stereocenters. The largest absolute Gasteiger partial charge is 0.311 e. The molecule has 0 fully saturated rings. The molecular weight excluding hydrogens is 1480 g/mol. The van der Waals surface area contributed by atoms with Crippen LogP contribution < -0.4 is 4.90 Å². The first-order valence-electron chi connectivity index (χ1n) is 40.4. The monoisotopic (exact) mass is 1550 g/mol. The van der Waals surface area contributed by atoms with Crippen molar-refractivity contribution in [2.75, 3.05) is 4.90 Å². The van der Waals surface area contributed by atoms with E-state index in [4.69, 9.17) is 0 Å². The Kier molecular flexibility index (Phi) is 19.2. The smallest absolute Gasteiger partial charge is 0.0713 e. The van der Waals surface area contributed by atoms with Gasteiger partial charge in [0.05, 0.1) is 10.8 Å². The quantitative estimate of drug-likeness (QED) is 0.104. The SMILES string of the molecule is Brc1ccc(-c2c3ccccc3c(-c3ccccc3)c3ccccc23)cc1.c1ccc(-c2c3ccccc3c(-c3ccc(N(c4ccccc4)c4ccc(C5(c6ccccc6)c6ccccc6-c6ccccc65)cc4)cc3)c3ccccc23)cc1.c1ccc(Cc2ccc(C3(c4ccccc4)c4ccccc4-c4ccccc43)cc2)cc1. The van der Waals surface area contributed by atoms with Crippen molar-refractivity contribution >= 4 is 76.1 Å². The Morgan fingerprint density at radius 1 is 0.179 bits per heavy atom. The number of anilines is 3. The fraction of sp³-hybridized carbons (Fsp3) is 0.0261. The molecule has 0 saturated heterocycles. The summed E-state index contributed by atoms with van der Waals surface area (Å²) in [5, 5.41) is 10.2. The molecule has 0 amide bonds. The molecule has 0 saturated carbocycles. The molecule has 2 aliphatic rings. The number of rotatable bonds is 13. The van der Waals surface area contributed by atoms with Crippen LogP contribution in [0, 0.1) is 0 Å².